The monoisotopic (exact) mass is 433 g/mol. The van der Waals surface area contributed by atoms with Crippen LogP contribution in [0.5, 0.6) is 0 Å². The molecule has 0 aliphatic carbocycles. The number of hydrogen-bond acceptors (Lipinski definition) is 5. The summed E-state index contributed by atoms with van der Waals surface area (Å²) in [7, 11) is 0. The first-order chi connectivity index (χ1) is 15.2. The van der Waals surface area contributed by atoms with Crippen LogP contribution in [0.15, 0.2) is 81.5 Å². The Morgan fingerprint density at radius 3 is 2.58 bits per heavy atom. The molecule has 0 spiro atoms. The lowest BCUT2D eigenvalue weighted by Gasteiger charge is -2.27. The summed E-state index contributed by atoms with van der Waals surface area (Å²) in [6, 6.07) is 19.9. The Bertz CT molecular complexity index is 1160. The van der Waals surface area contributed by atoms with Gasteiger partial charge in [-0.3, -0.25) is 10.2 Å². The second-order valence-corrected chi connectivity index (χ2v) is 8.37. The van der Waals surface area contributed by atoms with Gasteiger partial charge in [0.05, 0.1) is 24.6 Å². The highest BCUT2D eigenvalue weighted by molar-refractivity contribution is 7.99. The molecule has 31 heavy (non-hydrogen) atoms. The van der Waals surface area contributed by atoms with Crippen molar-refractivity contribution in [3.8, 4) is 0 Å². The molecule has 0 bridgehead atoms. The molecule has 2 aliphatic heterocycles. The number of amides is 1. The standard InChI is InChI=1S/C24H20FN3O2S/c25-18-8-5-16(6-9-18)23-19-3-1-2-4-21(19)31-22-10-7-17(15-20(22)26-23)24(29)27-28-11-13-30-14-12-28/h1-10,15H,11-14H2,(H,27,29). The van der Waals surface area contributed by atoms with Crippen LogP contribution in [0.1, 0.15) is 21.5 Å². The minimum atomic E-state index is -0.289. The Hall–Kier alpha value is -3.00. The Kier molecular flexibility index (Phi) is 5.55. The molecule has 5 nitrogen and oxygen atoms in total. The van der Waals surface area contributed by atoms with Gasteiger partial charge in [0, 0.05) is 39.6 Å². The third kappa shape index (κ3) is 4.25. The average molecular weight is 434 g/mol. The van der Waals surface area contributed by atoms with E-state index in [4.69, 9.17) is 9.73 Å². The van der Waals surface area contributed by atoms with Crippen LogP contribution in [-0.2, 0) is 4.74 Å². The first-order valence-corrected chi connectivity index (χ1v) is 10.9. The quantitative estimate of drug-likeness (QED) is 0.519. The first-order valence-electron chi connectivity index (χ1n) is 10.1. The molecule has 3 aromatic rings. The van der Waals surface area contributed by atoms with E-state index in [0.717, 1.165) is 32.3 Å². The van der Waals surface area contributed by atoms with Crippen molar-refractivity contribution < 1.29 is 13.9 Å². The molecular formula is C24H20FN3O2S. The number of carbonyl (C=O) groups excluding carboxylic acids is 1. The van der Waals surface area contributed by atoms with Crippen LogP contribution in [0.2, 0.25) is 0 Å². The molecule has 1 amide bonds. The summed E-state index contributed by atoms with van der Waals surface area (Å²) >= 11 is 1.61. The molecule has 0 unspecified atom stereocenters. The van der Waals surface area contributed by atoms with E-state index in [9.17, 15) is 9.18 Å². The number of hydrazine groups is 1. The Morgan fingerprint density at radius 1 is 1.00 bits per heavy atom. The van der Waals surface area contributed by atoms with Crippen molar-refractivity contribution >= 4 is 29.1 Å². The fraction of sp³-hybridized carbons (Fsp3) is 0.167. The lowest BCUT2D eigenvalue weighted by Crippen LogP contribution is -2.48. The molecule has 1 saturated heterocycles. The van der Waals surface area contributed by atoms with Crippen molar-refractivity contribution in [1.82, 2.24) is 10.4 Å². The number of ether oxygens (including phenoxy) is 1. The summed E-state index contributed by atoms with van der Waals surface area (Å²) in [5.74, 6) is -0.460. The summed E-state index contributed by atoms with van der Waals surface area (Å²) < 4.78 is 18.8. The number of fused-ring (bicyclic) bond motifs is 2. The molecule has 1 fully saturated rings. The number of morpholine rings is 1. The fourth-order valence-corrected chi connectivity index (χ4v) is 4.60. The van der Waals surface area contributed by atoms with Crippen LogP contribution in [0.4, 0.5) is 10.1 Å². The number of rotatable bonds is 3. The minimum absolute atomic E-state index is 0.171. The van der Waals surface area contributed by atoms with Gasteiger partial charge in [0.25, 0.3) is 5.91 Å². The van der Waals surface area contributed by atoms with Crippen molar-refractivity contribution in [2.45, 2.75) is 9.79 Å². The van der Waals surface area contributed by atoms with Crippen LogP contribution in [0, 0.1) is 5.82 Å². The molecule has 0 aromatic heterocycles. The molecule has 3 aromatic carbocycles. The van der Waals surface area contributed by atoms with Gasteiger partial charge in [0.15, 0.2) is 0 Å². The van der Waals surface area contributed by atoms with Crippen LogP contribution in [0.25, 0.3) is 0 Å². The highest BCUT2D eigenvalue weighted by Crippen LogP contribution is 2.41. The number of nitrogens with zero attached hydrogens (tertiary/aromatic N) is 2. The van der Waals surface area contributed by atoms with E-state index >= 15 is 0 Å². The largest absolute Gasteiger partial charge is 0.379 e. The normalized spacial score (nSPS) is 16.0. The second kappa shape index (κ2) is 8.63. The maximum atomic E-state index is 13.5. The number of aliphatic imine (C=N–C) groups is 1. The maximum absolute atomic E-state index is 13.5. The average Bonchev–Trinajstić information content (AvgIpc) is 2.96. The van der Waals surface area contributed by atoms with Gasteiger partial charge < -0.3 is 4.74 Å². The number of nitrogens with one attached hydrogen (secondary N) is 1. The van der Waals surface area contributed by atoms with Crippen molar-refractivity contribution in [2.75, 3.05) is 26.3 Å². The molecule has 0 atom stereocenters. The molecule has 7 heteroatoms. The third-order valence-electron chi connectivity index (χ3n) is 5.20. The molecule has 5 rings (SSSR count). The molecule has 1 N–H and O–H groups in total. The first kappa shape index (κ1) is 19.9. The molecule has 0 saturated carbocycles. The highest BCUT2D eigenvalue weighted by Gasteiger charge is 2.21. The van der Waals surface area contributed by atoms with Gasteiger partial charge in [-0.15, -0.1) is 0 Å². The lowest BCUT2D eigenvalue weighted by atomic mass is 10.0. The van der Waals surface area contributed by atoms with E-state index in [1.54, 1.807) is 23.9 Å². The summed E-state index contributed by atoms with van der Waals surface area (Å²) in [6.45, 7) is 2.53. The zero-order chi connectivity index (χ0) is 21.2. The van der Waals surface area contributed by atoms with Crippen molar-refractivity contribution in [3.05, 3.63) is 89.2 Å². The zero-order valence-corrected chi connectivity index (χ0v) is 17.5. The maximum Gasteiger partial charge on any atom is 0.265 e. The van der Waals surface area contributed by atoms with E-state index in [1.165, 1.54) is 12.1 Å². The summed E-state index contributed by atoms with van der Waals surface area (Å²) in [4.78, 5) is 19.8. The lowest BCUT2D eigenvalue weighted by molar-refractivity contribution is 0.0126. The van der Waals surface area contributed by atoms with Crippen molar-refractivity contribution in [2.24, 2.45) is 4.99 Å². The molecule has 156 valence electrons. The zero-order valence-electron chi connectivity index (χ0n) is 16.7. The van der Waals surface area contributed by atoms with E-state index in [1.807, 2.05) is 47.5 Å². The summed E-state index contributed by atoms with van der Waals surface area (Å²) in [5, 5.41) is 1.87. The fourth-order valence-electron chi connectivity index (χ4n) is 3.59. The van der Waals surface area contributed by atoms with E-state index < -0.39 is 0 Å². The predicted octanol–water partition coefficient (Wildman–Crippen LogP) is 4.44. The predicted molar refractivity (Wildman–Crippen MR) is 119 cm³/mol. The van der Waals surface area contributed by atoms with E-state index in [-0.39, 0.29) is 11.7 Å². The van der Waals surface area contributed by atoms with E-state index in [2.05, 4.69) is 5.43 Å². The van der Waals surface area contributed by atoms with Gasteiger partial charge in [-0.05, 0) is 48.5 Å². The summed E-state index contributed by atoms with van der Waals surface area (Å²) in [6.07, 6.45) is 0. The Labute approximate surface area is 183 Å². The SMILES string of the molecule is O=C(NN1CCOCC1)c1ccc2c(c1)N=C(c1ccc(F)cc1)c1ccccc1S2. The van der Waals surface area contributed by atoms with Crippen LogP contribution in [0.3, 0.4) is 0 Å². The van der Waals surface area contributed by atoms with Gasteiger partial charge in [-0.1, -0.05) is 30.0 Å². The Morgan fingerprint density at radius 2 is 1.77 bits per heavy atom. The summed E-state index contributed by atoms with van der Waals surface area (Å²) in [5.41, 5.74) is 6.76. The van der Waals surface area contributed by atoms with E-state index in [0.29, 0.717) is 31.9 Å². The minimum Gasteiger partial charge on any atom is -0.379 e. The number of carbonyl (C=O) groups is 1. The molecule has 2 aliphatic rings. The van der Waals surface area contributed by atoms with Crippen molar-refractivity contribution in [3.63, 3.8) is 0 Å². The molecular weight excluding hydrogens is 413 g/mol. The second-order valence-electron chi connectivity index (χ2n) is 7.29. The van der Waals surface area contributed by atoms with Gasteiger partial charge >= 0.3 is 0 Å². The van der Waals surface area contributed by atoms with Gasteiger partial charge in [-0.25, -0.2) is 14.4 Å². The van der Waals surface area contributed by atoms with Gasteiger partial charge in [0.1, 0.15) is 5.82 Å². The van der Waals surface area contributed by atoms with Crippen LogP contribution >= 0.6 is 11.8 Å². The highest BCUT2D eigenvalue weighted by atomic mass is 32.2. The van der Waals surface area contributed by atoms with Crippen LogP contribution in [-0.4, -0.2) is 42.9 Å². The molecule has 2 heterocycles. The molecule has 0 radical (unpaired) electrons. The van der Waals surface area contributed by atoms with Crippen LogP contribution < -0.4 is 5.43 Å². The van der Waals surface area contributed by atoms with Gasteiger partial charge in [-0.2, -0.15) is 0 Å². The van der Waals surface area contributed by atoms with Gasteiger partial charge in [0.2, 0.25) is 0 Å². The smallest absolute Gasteiger partial charge is 0.265 e. The topological polar surface area (TPSA) is 53.9 Å². The Balaban J connectivity index is 1.54. The number of hydrogen-bond donors (Lipinski definition) is 1. The third-order valence-corrected chi connectivity index (χ3v) is 6.34. The number of benzene rings is 3. The number of halogens is 1. The van der Waals surface area contributed by atoms with Crippen molar-refractivity contribution in [1.29, 1.82) is 0 Å².